The van der Waals surface area contributed by atoms with Gasteiger partial charge in [0.05, 0.1) is 35.1 Å². The summed E-state index contributed by atoms with van der Waals surface area (Å²) < 4.78 is 12.0. The van der Waals surface area contributed by atoms with E-state index in [2.05, 4.69) is 20.8 Å². The highest BCUT2D eigenvalue weighted by atomic mass is 79.9. The fraction of sp³-hybridized carbons (Fsp3) is 0.304. The summed E-state index contributed by atoms with van der Waals surface area (Å²) in [5.74, 6) is -0.398. The summed E-state index contributed by atoms with van der Waals surface area (Å²) in [5.41, 5.74) is 0.622. The first-order valence-electron chi connectivity index (χ1n) is 10.6. The Kier molecular flexibility index (Phi) is 5.73. The van der Waals surface area contributed by atoms with Crippen molar-refractivity contribution in [2.45, 2.75) is 6.04 Å². The van der Waals surface area contributed by atoms with Crippen molar-refractivity contribution in [2.75, 3.05) is 39.4 Å². The molecular weight excluding hydrogens is 494 g/mol. The molecule has 9 nitrogen and oxygen atoms in total. The third-order valence-electron chi connectivity index (χ3n) is 6.09. The van der Waals surface area contributed by atoms with Gasteiger partial charge in [-0.15, -0.1) is 0 Å². The summed E-state index contributed by atoms with van der Waals surface area (Å²) in [6.45, 7) is 3.70. The zero-order chi connectivity index (χ0) is 23.1. The lowest BCUT2D eigenvalue weighted by atomic mass is 9.98. The molecule has 1 atom stereocenters. The Hall–Kier alpha value is -3.08. The summed E-state index contributed by atoms with van der Waals surface area (Å²) in [6.07, 6.45) is 0. The predicted octanol–water partition coefficient (Wildman–Crippen LogP) is 3.34. The van der Waals surface area contributed by atoms with Gasteiger partial charge >= 0.3 is 0 Å². The maximum Gasteiger partial charge on any atom is 0.290 e. The molecule has 2 aromatic carbocycles. The van der Waals surface area contributed by atoms with E-state index >= 15 is 0 Å². The summed E-state index contributed by atoms with van der Waals surface area (Å²) in [6, 6.07) is 10.3. The van der Waals surface area contributed by atoms with E-state index in [0.717, 1.165) is 13.1 Å². The number of fused-ring (bicyclic) bond motifs is 2. The zero-order valence-corrected chi connectivity index (χ0v) is 19.1. The highest BCUT2D eigenvalue weighted by Gasteiger charge is 2.43. The number of amides is 1. The number of nitro groups is 1. The van der Waals surface area contributed by atoms with Crippen molar-refractivity contribution in [3.8, 4) is 0 Å². The molecule has 33 heavy (non-hydrogen) atoms. The minimum atomic E-state index is -0.770. The Labute approximate surface area is 196 Å². The van der Waals surface area contributed by atoms with Crippen molar-refractivity contribution in [1.82, 2.24) is 9.80 Å². The van der Waals surface area contributed by atoms with Crippen LogP contribution in [-0.4, -0.2) is 60.0 Å². The molecule has 1 fully saturated rings. The third-order valence-corrected chi connectivity index (χ3v) is 6.58. The van der Waals surface area contributed by atoms with Gasteiger partial charge in [0, 0.05) is 42.8 Å². The number of morpholine rings is 1. The lowest BCUT2D eigenvalue weighted by Crippen LogP contribution is -2.42. The Morgan fingerprint density at radius 3 is 2.64 bits per heavy atom. The monoisotopic (exact) mass is 513 g/mol. The summed E-state index contributed by atoms with van der Waals surface area (Å²) in [7, 11) is 0. The van der Waals surface area contributed by atoms with Gasteiger partial charge in [-0.1, -0.05) is 28.1 Å². The van der Waals surface area contributed by atoms with Gasteiger partial charge in [-0.2, -0.15) is 0 Å². The molecule has 1 saturated heterocycles. The molecule has 2 aliphatic rings. The predicted molar refractivity (Wildman–Crippen MR) is 123 cm³/mol. The zero-order valence-electron chi connectivity index (χ0n) is 17.5. The van der Waals surface area contributed by atoms with Crippen molar-refractivity contribution < 1.29 is 18.9 Å². The number of halogens is 1. The van der Waals surface area contributed by atoms with Crippen LogP contribution in [0.25, 0.3) is 11.0 Å². The topological polar surface area (TPSA) is 106 Å². The molecule has 0 bridgehead atoms. The van der Waals surface area contributed by atoms with Gasteiger partial charge in [0.15, 0.2) is 5.43 Å². The molecule has 5 rings (SSSR count). The van der Waals surface area contributed by atoms with Crippen molar-refractivity contribution in [1.29, 1.82) is 0 Å². The second-order valence-electron chi connectivity index (χ2n) is 8.02. The van der Waals surface area contributed by atoms with Gasteiger partial charge in [-0.3, -0.25) is 24.6 Å². The first kappa shape index (κ1) is 21.7. The molecule has 0 N–H and O–H groups in total. The van der Waals surface area contributed by atoms with Crippen LogP contribution < -0.4 is 5.43 Å². The Balaban J connectivity index is 1.63. The highest BCUT2D eigenvalue weighted by Crippen LogP contribution is 2.39. The van der Waals surface area contributed by atoms with Gasteiger partial charge in [0.25, 0.3) is 11.6 Å². The smallest absolute Gasteiger partial charge is 0.290 e. The van der Waals surface area contributed by atoms with Crippen LogP contribution in [0.3, 0.4) is 0 Å². The maximum absolute atomic E-state index is 13.6. The third kappa shape index (κ3) is 3.94. The molecule has 0 saturated carbocycles. The van der Waals surface area contributed by atoms with E-state index < -0.39 is 16.9 Å². The van der Waals surface area contributed by atoms with Crippen LogP contribution in [0.2, 0.25) is 0 Å². The minimum absolute atomic E-state index is 0.00620. The van der Waals surface area contributed by atoms with E-state index in [1.807, 2.05) is 0 Å². The van der Waals surface area contributed by atoms with E-state index in [1.165, 1.54) is 12.1 Å². The fourth-order valence-electron chi connectivity index (χ4n) is 4.45. The SMILES string of the molecule is O=C1c2oc3ccc(Br)cc3c(=O)c2C(c2cccc([N+](=O)[O-])c2)N1CCN1CCOCC1. The van der Waals surface area contributed by atoms with Crippen LogP contribution in [0.15, 0.2) is 56.1 Å². The van der Waals surface area contributed by atoms with Crippen LogP contribution in [0.5, 0.6) is 0 Å². The largest absolute Gasteiger partial charge is 0.450 e. The van der Waals surface area contributed by atoms with Gasteiger partial charge in [0.1, 0.15) is 5.58 Å². The lowest BCUT2D eigenvalue weighted by molar-refractivity contribution is -0.384. The van der Waals surface area contributed by atoms with Crippen LogP contribution in [0.1, 0.15) is 27.7 Å². The number of non-ortho nitro benzene ring substituents is 1. The van der Waals surface area contributed by atoms with E-state index in [-0.39, 0.29) is 22.4 Å². The molecule has 2 aliphatic heterocycles. The van der Waals surface area contributed by atoms with Crippen molar-refractivity contribution in [3.05, 3.63) is 84.2 Å². The molecule has 0 spiro atoms. The summed E-state index contributed by atoms with van der Waals surface area (Å²) >= 11 is 3.38. The fourth-order valence-corrected chi connectivity index (χ4v) is 4.81. The number of ether oxygens (including phenoxy) is 1. The summed E-state index contributed by atoms with van der Waals surface area (Å²) in [4.78, 5) is 41.7. The van der Waals surface area contributed by atoms with Crippen LogP contribution in [-0.2, 0) is 4.74 Å². The molecule has 170 valence electrons. The molecule has 0 aliphatic carbocycles. The Morgan fingerprint density at radius 2 is 1.88 bits per heavy atom. The number of hydrogen-bond acceptors (Lipinski definition) is 7. The van der Waals surface area contributed by atoms with E-state index in [0.29, 0.717) is 47.3 Å². The van der Waals surface area contributed by atoms with E-state index in [1.54, 1.807) is 35.2 Å². The standard InChI is InChI=1S/C23H20BrN3O6/c24-15-4-5-18-17(13-15)21(28)19-20(14-2-1-3-16(12-14)27(30)31)26(23(29)22(19)33-18)7-6-25-8-10-32-11-9-25/h1-5,12-13,20H,6-11H2. The molecular formula is C23H20BrN3O6. The van der Waals surface area contributed by atoms with Gasteiger partial charge < -0.3 is 14.1 Å². The van der Waals surface area contributed by atoms with E-state index in [9.17, 15) is 19.7 Å². The van der Waals surface area contributed by atoms with Crippen LogP contribution in [0.4, 0.5) is 5.69 Å². The van der Waals surface area contributed by atoms with Gasteiger partial charge in [-0.05, 0) is 23.8 Å². The second kappa shape index (κ2) is 8.69. The number of carbonyl (C=O) groups is 1. The van der Waals surface area contributed by atoms with Crippen LogP contribution in [0, 0.1) is 10.1 Å². The van der Waals surface area contributed by atoms with E-state index in [4.69, 9.17) is 9.15 Å². The molecule has 1 aromatic heterocycles. The van der Waals surface area contributed by atoms with Crippen LogP contribution >= 0.6 is 15.9 Å². The molecule has 0 radical (unpaired) electrons. The number of nitrogens with zero attached hydrogens (tertiary/aromatic N) is 3. The molecule has 1 unspecified atom stereocenters. The average Bonchev–Trinajstić information content (AvgIpc) is 3.11. The Bertz CT molecular complexity index is 1320. The first-order chi connectivity index (χ1) is 15.9. The average molecular weight is 514 g/mol. The number of rotatable bonds is 5. The van der Waals surface area contributed by atoms with Crippen molar-refractivity contribution in [3.63, 3.8) is 0 Å². The normalized spacial score (nSPS) is 18.6. The lowest BCUT2D eigenvalue weighted by Gasteiger charge is -2.31. The van der Waals surface area contributed by atoms with Crippen molar-refractivity contribution in [2.24, 2.45) is 0 Å². The van der Waals surface area contributed by atoms with Crippen molar-refractivity contribution >= 4 is 38.5 Å². The number of nitro benzene ring substituents is 1. The number of carbonyl (C=O) groups excluding carboxylic acids is 1. The molecule has 1 amide bonds. The van der Waals surface area contributed by atoms with Gasteiger partial charge in [-0.25, -0.2) is 0 Å². The quantitative estimate of drug-likeness (QED) is 0.380. The maximum atomic E-state index is 13.6. The molecule has 10 heteroatoms. The highest BCUT2D eigenvalue weighted by molar-refractivity contribution is 9.10. The minimum Gasteiger partial charge on any atom is -0.450 e. The molecule has 3 heterocycles. The Morgan fingerprint density at radius 1 is 1.09 bits per heavy atom. The number of hydrogen-bond donors (Lipinski definition) is 0. The molecule has 3 aromatic rings. The second-order valence-corrected chi connectivity index (χ2v) is 8.94. The van der Waals surface area contributed by atoms with Gasteiger partial charge in [0.2, 0.25) is 5.76 Å². The number of benzene rings is 2. The first-order valence-corrected chi connectivity index (χ1v) is 11.3. The summed E-state index contributed by atoms with van der Waals surface area (Å²) in [5, 5.41) is 11.7.